The molecule has 7 heteroatoms. The molecule has 142 valence electrons. The van der Waals surface area contributed by atoms with E-state index in [1.165, 1.54) is 16.7 Å². The van der Waals surface area contributed by atoms with E-state index in [-0.39, 0.29) is 24.4 Å². The number of thioether (sulfide) groups is 1. The van der Waals surface area contributed by atoms with Crippen molar-refractivity contribution in [2.24, 2.45) is 0 Å². The molecule has 1 aliphatic heterocycles. The number of benzene rings is 2. The topological polar surface area (TPSA) is 67.9 Å². The molecule has 2 amide bonds. The van der Waals surface area contributed by atoms with Crippen molar-refractivity contribution < 1.29 is 19.1 Å². The van der Waals surface area contributed by atoms with E-state index in [0.29, 0.717) is 17.3 Å². The van der Waals surface area contributed by atoms with Gasteiger partial charge >= 0.3 is 0 Å². The number of anilines is 1. The molecule has 27 heavy (non-hydrogen) atoms. The van der Waals surface area contributed by atoms with E-state index in [1.54, 1.807) is 26.4 Å². The van der Waals surface area contributed by atoms with E-state index in [2.05, 4.69) is 5.32 Å². The zero-order chi connectivity index (χ0) is 19.4. The maximum absolute atomic E-state index is 12.6. The molecular weight excluding hydrogens is 364 g/mol. The highest BCUT2D eigenvalue weighted by Crippen LogP contribution is 2.35. The van der Waals surface area contributed by atoms with Gasteiger partial charge in [-0.25, -0.2) is 0 Å². The third kappa shape index (κ3) is 4.19. The first-order valence-electron chi connectivity index (χ1n) is 8.57. The van der Waals surface area contributed by atoms with Crippen LogP contribution >= 0.6 is 11.8 Å². The predicted molar refractivity (Wildman–Crippen MR) is 106 cm³/mol. The van der Waals surface area contributed by atoms with Crippen LogP contribution in [0.1, 0.15) is 18.5 Å². The molecule has 0 fully saturated rings. The summed E-state index contributed by atoms with van der Waals surface area (Å²) < 4.78 is 10.6. The van der Waals surface area contributed by atoms with E-state index >= 15 is 0 Å². The minimum absolute atomic E-state index is 0.0208. The third-order valence-electron chi connectivity index (χ3n) is 4.39. The predicted octanol–water partition coefficient (Wildman–Crippen LogP) is 3.02. The highest BCUT2D eigenvalue weighted by Gasteiger charge is 2.27. The summed E-state index contributed by atoms with van der Waals surface area (Å²) in [7, 11) is 3.17. The number of ether oxygens (including phenoxy) is 2. The number of methoxy groups -OCH3 is 2. The monoisotopic (exact) mass is 386 g/mol. The van der Waals surface area contributed by atoms with Crippen molar-refractivity contribution in [2.75, 3.05) is 31.4 Å². The van der Waals surface area contributed by atoms with Gasteiger partial charge in [0.25, 0.3) is 0 Å². The molecule has 6 nitrogen and oxygen atoms in total. The number of nitrogens with zero attached hydrogens (tertiary/aromatic N) is 1. The summed E-state index contributed by atoms with van der Waals surface area (Å²) in [5.74, 6) is 1.38. The number of hydrogen-bond acceptors (Lipinski definition) is 5. The van der Waals surface area contributed by atoms with Gasteiger partial charge in [0.1, 0.15) is 18.0 Å². The number of fused-ring (bicyclic) bond motifs is 1. The first kappa shape index (κ1) is 19.1. The number of rotatable bonds is 6. The third-order valence-corrected chi connectivity index (χ3v) is 5.44. The number of nitrogens with one attached hydrogen (secondary N) is 1. The Kier molecular flexibility index (Phi) is 5.91. The van der Waals surface area contributed by atoms with Crippen molar-refractivity contribution in [3.63, 3.8) is 0 Å². The van der Waals surface area contributed by atoms with Crippen LogP contribution in [0.5, 0.6) is 11.5 Å². The summed E-state index contributed by atoms with van der Waals surface area (Å²) in [6.45, 7) is 1.85. The smallest absolute Gasteiger partial charge is 0.240 e. The van der Waals surface area contributed by atoms with Gasteiger partial charge in [0, 0.05) is 10.5 Å². The maximum Gasteiger partial charge on any atom is 0.240 e. The van der Waals surface area contributed by atoms with Crippen LogP contribution in [0.25, 0.3) is 0 Å². The second-order valence-electron chi connectivity index (χ2n) is 6.13. The average Bonchev–Trinajstić information content (AvgIpc) is 2.69. The Hall–Kier alpha value is -2.67. The van der Waals surface area contributed by atoms with Crippen LogP contribution in [0.15, 0.2) is 47.4 Å². The molecule has 1 aliphatic rings. The van der Waals surface area contributed by atoms with Crippen LogP contribution < -0.4 is 19.7 Å². The standard InChI is InChI=1S/C20H22N2O4S/c1-13(15-10-14(25-2)8-9-17(15)26-3)21-19(23)11-22-16-6-4-5-7-18(16)27-12-20(22)24/h4-10,13H,11-12H2,1-3H3,(H,21,23). The summed E-state index contributed by atoms with van der Waals surface area (Å²) in [5, 5.41) is 2.95. The Morgan fingerprint density at radius 3 is 2.74 bits per heavy atom. The number of hydrogen-bond donors (Lipinski definition) is 1. The molecule has 0 saturated heterocycles. The lowest BCUT2D eigenvalue weighted by Crippen LogP contribution is -2.43. The Labute approximate surface area is 162 Å². The van der Waals surface area contributed by atoms with Gasteiger partial charge in [0.2, 0.25) is 11.8 Å². The van der Waals surface area contributed by atoms with Crippen LogP contribution in [0.3, 0.4) is 0 Å². The average molecular weight is 386 g/mol. The Bertz CT molecular complexity index is 856. The molecule has 2 aromatic rings. The van der Waals surface area contributed by atoms with Crippen molar-refractivity contribution in [3.05, 3.63) is 48.0 Å². The quantitative estimate of drug-likeness (QED) is 0.827. The van der Waals surface area contributed by atoms with E-state index in [4.69, 9.17) is 9.47 Å². The fourth-order valence-corrected chi connectivity index (χ4v) is 3.95. The second-order valence-corrected chi connectivity index (χ2v) is 7.15. The maximum atomic E-state index is 12.6. The SMILES string of the molecule is COc1ccc(OC)c(C(C)NC(=O)CN2C(=O)CSc3ccccc32)c1. The molecule has 1 atom stereocenters. The highest BCUT2D eigenvalue weighted by molar-refractivity contribution is 8.00. The number of amides is 2. The normalized spacial score (nSPS) is 14.3. The number of carbonyl (C=O) groups is 2. The summed E-state index contributed by atoms with van der Waals surface area (Å²) in [4.78, 5) is 27.5. The lowest BCUT2D eigenvalue weighted by molar-refractivity contribution is -0.123. The molecule has 1 N–H and O–H groups in total. The second kappa shape index (κ2) is 8.35. The van der Waals surface area contributed by atoms with Gasteiger partial charge in [-0.15, -0.1) is 11.8 Å². The fraction of sp³-hybridized carbons (Fsp3) is 0.300. The van der Waals surface area contributed by atoms with Crippen LogP contribution in [-0.4, -0.2) is 38.3 Å². The molecule has 3 rings (SSSR count). The highest BCUT2D eigenvalue weighted by atomic mass is 32.2. The molecule has 0 radical (unpaired) electrons. The van der Waals surface area contributed by atoms with Crippen LogP contribution in [0.4, 0.5) is 5.69 Å². The van der Waals surface area contributed by atoms with Gasteiger partial charge in [-0.3, -0.25) is 9.59 Å². The van der Waals surface area contributed by atoms with Gasteiger partial charge in [-0.2, -0.15) is 0 Å². The molecule has 2 aromatic carbocycles. The minimum Gasteiger partial charge on any atom is -0.497 e. The van der Waals surface area contributed by atoms with Gasteiger partial charge in [-0.1, -0.05) is 12.1 Å². The molecule has 0 aromatic heterocycles. The van der Waals surface area contributed by atoms with Crippen molar-refractivity contribution in [3.8, 4) is 11.5 Å². The Balaban J connectivity index is 1.74. The molecule has 1 unspecified atom stereocenters. The zero-order valence-corrected chi connectivity index (χ0v) is 16.3. The summed E-state index contributed by atoms with van der Waals surface area (Å²) >= 11 is 1.49. The lowest BCUT2D eigenvalue weighted by Gasteiger charge is -2.29. The van der Waals surface area contributed by atoms with Crippen molar-refractivity contribution >= 4 is 29.3 Å². The first-order chi connectivity index (χ1) is 13.0. The minimum atomic E-state index is -0.299. The van der Waals surface area contributed by atoms with Crippen LogP contribution in [0.2, 0.25) is 0 Å². The summed E-state index contributed by atoms with van der Waals surface area (Å²) in [6, 6.07) is 12.8. The van der Waals surface area contributed by atoms with Gasteiger partial charge in [0.15, 0.2) is 0 Å². The zero-order valence-electron chi connectivity index (χ0n) is 15.5. The number of carbonyl (C=O) groups excluding carboxylic acids is 2. The van der Waals surface area contributed by atoms with Crippen molar-refractivity contribution in [1.29, 1.82) is 0 Å². The molecule has 1 heterocycles. The molecule has 0 saturated carbocycles. The largest absolute Gasteiger partial charge is 0.497 e. The van der Waals surface area contributed by atoms with Gasteiger partial charge in [0.05, 0.1) is 31.7 Å². The van der Waals surface area contributed by atoms with E-state index < -0.39 is 0 Å². The van der Waals surface area contributed by atoms with E-state index in [1.807, 2.05) is 37.3 Å². The lowest BCUT2D eigenvalue weighted by atomic mass is 10.1. The molecule has 0 bridgehead atoms. The molecular formula is C20H22N2O4S. The first-order valence-corrected chi connectivity index (χ1v) is 9.55. The Morgan fingerprint density at radius 1 is 1.22 bits per heavy atom. The van der Waals surface area contributed by atoms with E-state index in [9.17, 15) is 9.59 Å². The van der Waals surface area contributed by atoms with Crippen molar-refractivity contribution in [1.82, 2.24) is 5.32 Å². The van der Waals surface area contributed by atoms with Crippen LogP contribution in [-0.2, 0) is 9.59 Å². The van der Waals surface area contributed by atoms with Crippen molar-refractivity contribution in [2.45, 2.75) is 17.9 Å². The van der Waals surface area contributed by atoms with Crippen LogP contribution in [0, 0.1) is 0 Å². The summed E-state index contributed by atoms with van der Waals surface area (Å²) in [5.41, 5.74) is 1.59. The fourth-order valence-electron chi connectivity index (χ4n) is 3.01. The Morgan fingerprint density at radius 2 is 2.00 bits per heavy atom. The van der Waals surface area contributed by atoms with E-state index in [0.717, 1.165) is 16.1 Å². The molecule has 0 aliphatic carbocycles. The number of para-hydroxylation sites is 1. The van der Waals surface area contributed by atoms with Gasteiger partial charge in [-0.05, 0) is 37.3 Å². The van der Waals surface area contributed by atoms with Gasteiger partial charge < -0.3 is 19.7 Å². The summed E-state index contributed by atoms with van der Waals surface area (Å²) in [6.07, 6.45) is 0. The molecule has 0 spiro atoms.